The van der Waals surface area contributed by atoms with Crippen molar-refractivity contribution in [3.63, 3.8) is 0 Å². The summed E-state index contributed by atoms with van der Waals surface area (Å²) in [6.07, 6.45) is 6.50. The minimum Gasteiger partial charge on any atom is -0.378 e. The quantitative estimate of drug-likeness (QED) is 0.621. The molecule has 0 spiro atoms. The molecule has 0 radical (unpaired) electrons. The van der Waals surface area contributed by atoms with Crippen LogP contribution in [0, 0.1) is 0 Å². The van der Waals surface area contributed by atoms with E-state index in [1.165, 1.54) is 0 Å². The zero-order chi connectivity index (χ0) is 16.2. The van der Waals surface area contributed by atoms with Gasteiger partial charge in [0.15, 0.2) is 11.3 Å². The maximum atomic E-state index is 5.41. The molecule has 0 unspecified atom stereocenters. The molecule has 10 nitrogen and oxygen atoms in total. The highest BCUT2D eigenvalue weighted by Crippen LogP contribution is 2.22. The maximum absolute atomic E-state index is 5.41. The largest absolute Gasteiger partial charge is 0.378 e. The number of morpholine rings is 1. The second-order valence-electron chi connectivity index (χ2n) is 5.55. The summed E-state index contributed by atoms with van der Waals surface area (Å²) in [7, 11) is 0. The first-order valence-electron chi connectivity index (χ1n) is 8.01. The van der Waals surface area contributed by atoms with Gasteiger partial charge in [0.2, 0.25) is 11.6 Å². The van der Waals surface area contributed by atoms with Crippen molar-refractivity contribution in [1.29, 1.82) is 0 Å². The van der Waals surface area contributed by atoms with E-state index in [1.54, 1.807) is 6.20 Å². The molecule has 0 atom stereocenters. The van der Waals surface area contributed by atoms with Crippen molar-refractivity contribution < 1.29 is 4.74 Å². The zero-order valence-electron chi connectivity index (χ0n) is 13.2. The van der Waals surface area contributed by atoms with Gasteiger partial charge in [-0.3, -0.25) is 0 Å². The van der Waals surface area contributed by atoms with E-state index in [9.17, 15) is 0 Å². The second kappa shape index (κ2) is 6.79. The summed E-state index contributed by atoms with van der Waals surface area (Å²) >= 11 is 0. The predicted octanol–water partition coefficient (Wildman–Crippen LogP) is 0.283. The van der Waals surface area contributed by atoms with E-state index in [0.717, 1.165) is 38.4 Å². The number of hydrogen-bond acceptors (Lipinski definition) is 8. The van der Waals surface area contributed by atoms with Gasteiger partial charge in [-0.2, -0.15) is 20.3 Å². The highest BCUT2D eigenvalue weighted by atomic mass is 16.5. The van der Waals surface area contributed by atoms with Crippen LogP contribution in [0.4, 0.5) is 11.8 Å². The lowest BCUT2D eigenvalue weighted by atomic mass is 10.3. The molecule has 0 saturated carbocycles. The van der Waals surface area contributed by atoms with Gasteiger partial charge in [0.05, 0.1) is 19.5 Å². The van der Waals surface area contributed by atoms with E-state index in [-0.39, 0.29) is 0 Å². The number of hydrogen-bond donors (Lipinski definition) is 2. The Bertz CT molecular complexity index is 779. The van der Waals surface area contributed by atoms with Crippen LogP contribution in [0.15, 0.2) is 18.7 Å². The van der Waals surface area contributed by atoms with Gasteiger partial charge < -0.3 is 19.5 Å². The first-order valence-corrected chi connectivity index (χ1v) is 8.01. The standard InChI is InChI=1S/C14H19N9O/c1(4-22-5-3-15-10-22)2-16-14-17-12-11(19-21-20-12)13(18-14)23-6-8-24-9-7-23/h3,5,10H,1-2,4,6-9H2,(H2,16,17,18,19,20,21). The van der Waals surface area contributed by atoms with Crippen LogP contribution in [0.25, 0.3) is 11.2 Å². The SMILES string of the molecule is c1cn(CCCNc2nc(N3CCOCC3)c3n[nH]nc3n2)cn1. The Morgan fingerprint density at radius 2 is 2.12 bits per heavy atom. The number of aromatic nitrogens is 7. The highest BCUT2D eigenvalue weighted by Gasteiger charge is 2.19. The topological polar surface area (TPSA) is 110 Å². The van der Waals surface area contributed by atoms with E-state index in [2.05, 4.69) is 40.6 Å². The van der Waals surface area contributed by atoms with Crippen LogP contribution in [0.1, 0.15) is 6.42 Å². The molecule has 4 heterocycles. The van der Waals surface area contributed by atoms with E-state index in [1.807, 2.05) is 17.1 Å². The minimum atomic E-state index is 0.573. The molecule has 1 saturated heterocycles. The zero-order valence-corrected chi connectivity index (χ0v) is 13.2. The Hall–Kier alpha value is -2.75. The average Bonchev–Trinajstić information content (AvgIpc) is 3.30. The summed E-state index contributed by atoms with van der Waals surface area (Å²) in [4.78, 5) is 15.3. The lowest BCUT2D eigenvalue weighted by Crippen LogP contribution is -2.37. The predicted molar refractivity (Wildman–Crippen MR) is 87.8 cm³/mol. The molecule has 10 heteroatoms. The molecule has 24 heavy (non-hydrogen) atoms. The lowest BCUT2D eigenvalue weighted by molar-refractivity contribution is 0.122. The molecule has 0 aromatic carbocycles. The number of anilines is 2. The fourth-order valence-corrected chi connectivity index (χ4v) is 2.69. The Balaban J connectivity index is 1.46. The van der Waals surface area contributed by atoms with Gasteiger partial charge in [0, 0.05) is 38.6 Å². The molecule has 126 valence electrons. The first kappa shape index (κ1) is 14.8. The van der Waals surface area contributed by atoms with E-state index < -0.39 is 0 Å². The minimum absolute atomic E-state index is 0.573. The number of aryl methyl sites for hydroxylation is 1. The molecule has 3 aromatic rings. The van der Waals surface area contributed by atoms with Gasteiger partial charge in [-0.25, -0.2) is 4.98 Å². The number of aromatic amines is 1. The number of fused-ring (bicyclic) bond motifs is 1. The van der Waals surface area contributed by atoms with Crippen LogP contribution in [0.5, 0.6) is 0 Å². The number of H-pyrrole nitrogens is 1. The number of ether oxygens (including phenoxy) is 1. The molecule has 2 N–H and O–H groups in total. The van der Waals surface area contributed by atoms with Crippen LogP contribution in [-0.2, 0) is 11.3 Å². The first-order chi connectivity index (χ1) is 11.9. The molecule has 0 aliphatic carbocycles. The van der Waals surface area contributed by atoms with Gasteiger partial charge in [-0.1, -0.05) is 0 Å². The molecule has 1 fully saturated rings. The molecular formula is C14H19N9O. The number of imidazole rings is 1. The lowest BCUT2D eigenvalue weighted by Gasteiger charge is -2.27. The van der Waals surface area contributed by atoms with Crippen LogP contribution < -0.4 is 10.2 Å². The van der Waals surface area contributed by atoms with Gasteiger partial charge in [0.25, 0.3) is 0 Å². The summed E-state index contributed by atoms with van der Waals surface area (Å²) in [5.74, 6) is 1.37. The Morgan fingerprint density at radius 3 is 2.96 bits per heavy atom. The van der Waals surface area contributed by atoms with Crippen LogP contribution in [0.3, 0.4) is 0 Å². The molecule has 0 amide bonds. The third kappa shape index (κ3) is 3.13. The van der Waals surface area contributed by atoms with Crippen molar-refractivity contribution in [1.82, 2.24) is 34.9 Å². The Labute approximate surface area is 138 Å². The molecule has 1 aliphatic rings. The van der Waals surface area contributed by atoms with Crippen LogP contribution >= 0.6 is 0 Å². The fraction of sp³-hybridized carbons (Fsp3) is 0.500. The third-order valence-electron chi connectivity index (χ3n) is 3.91. The molecular weight excluding hydrogens is 310 g/mol. The van der Waals surface area contributed by atoms with Gasteiger partial charge in [-0.05, 0) is 6.42 Å². The van der Waals surface area contributed by atoms with Crippen molar-refractivity contribution >= 4 is 22.9 Å². The van der Waals surface area contributed by atoms with Gasteiger partial charge >= 0.3 is 0 Å². The van der Waals surface area contributed by atoms with Crippen molar-refractivity contribution in [2.45, 2.75) is 13.0 Å². The van der Waals surface area contributed by atoms with Crippen LogP contribution in [-0.4, -0.2) is 67.8 Å². The molecule has 3 aromatic heterocycles. The second-order valence-corrected chi connectivity index (χ2v) is 5.55. The molecule has 4 rings (SSSR count). The van der Waals surface area contributed by atoms with Crippen molar-refractivity contribution in [2.24, 2.45) is 0 Å². The molecule has 0 bridgehead atoms. The maximum Gasteiger partial charge on any atom is 0.226 e. The fourth-order valence-electron chi connectivity index (χ4n) is 2.69. The molecule has 1 aliphatic heterocycles. The van der Waals surface area contributed by atoms with E-state index >= 15 is 0 Å². The highest BCUT2D eigenvalue weighted by molar-refractivity contribution is 5.83. The van der Waals surface area contributed by atoms with Crippen molar-refractivity contribution in [3.05, 3.63) is 18.7 Å². The summed E-state index contributed by atoms with van der Waals surface area (Å²) < 4.78 is 7.45. The Kier molecular flexibility index (Phi) is 4.19. The summed E-state index contributed by atoms with van der Waals surface area (Å²) in [6.45, 7) is 4.63. The van der Waals surface area contributed by atoms with Crippen molar-refractivity contribution in [3.8, 4) is 0 Å². The smallest absolute Gasteiger partial charge is 0.226 e. The van der Waals surface area contributed by atoms with Gasteiger partial charge in [0.1, 0.15) is 0 Å². The van der Waals surface area contributed by atoms with E-state index in [4.69, 9.17) is 4.74 Å². The summed E-state index contributed by atoms with van der Waals surface area (Å²) in [6, 6.07) is 0. The normalized spacial score (nSPS) is 15.1. The van der Waals surface area contributed by atoms with E-state index in [0.29, 0.717) is 30.3 Å². The third-order valence-corrected chi connectivity index (χ3v) is 3.91. The Morgan fingerprint density at radius 1 is 1.21 bits per heavy atom. The number of nitrogens with zero attached hydrogens (tertiary/aromatic N) is 7. The number of rotatable bonds is 6. The van der Waals surface area contributed by atoms with Gasteiger partial charge in [-0.15, -0.1) is 5.10 Å². The summed E-state index contributed by atoms with van der Waals surface area (Å²) in [5.41, 5.74) is 1.27. The monoisotopic (exact) mass is 329 g/mol. The number of nitrogens with one attached hydrogen (secondary N) is 2. The summed E-state index contributed by atoms with van der Waals surface area (Å²) in [5, 5.41) is 14.2. The average molecular weight is 329 g/mol. The van der Waals surface area contributed by atoms with Crippen LogP contribution in [0.2, 0.25) is 0 Å². The van der Waals surface area contributed by atoms with Crippen molar-refractivity contribution in [2.75, 3.05) is 43.1 Å².